The molecule has 2 aromatic carbocycles. The van der Waals surface area contributed by atoms with Crippen LogP contribution in [-0.2, 0) is 11.0 Å². The van der Waals surface area contributed by atoms with Crippen LogP contribution in [0.15, 0.2) is 36.5 Å². The molecule has 3 aromatic rings. The molecule has 0 atom stereocenters. The first-order valence-electron chi connectivity index (χ1n) is 12.9. The molecule has 1 N–H and O–H groups in total. The van der Waals surface area contributed by atoms with Gasteiger partial charge in [-0.1, -0.05) is 6.07 Å². The molecule has 1 amide bonds. The third-order valence-corrected chi connectivity index (χ3v) is 7.19. The Hall–Kier alpha value is -3.80. The number of carbonyl (C=O) groups is 1. The standard InChI is InChI=1S/C28H28F5N5O2/c1-15(2)38-23-11-17(10-22(30)26(23)40-14-24(38)39)25-20(28(31,32)33)13-34-27(36-25)35-18-4-5-19(21(29)12-18)16-6-8-37(3)9-7-16/h4-5,10-13,15-16H,6-9,14H2,1-3H3,(H,34,35,36). The number of carbonyl (C=O) groups excluding carboxylic acids is 1. The number of ether oxygens (including phenoxy) is 1. The lowest BCUT2D eigenvalue weighted by atomic mass is 9.89. The van der Waals surface area contributed by atoms with Gasteiger partial charge in [-0.05, 0) is 82.6 Å². The number of benzene rings is 2. The summed E-state index contributed by atoms with van der Waals surface area (Å²) in [5.74, 6) is -2.19. The van der Waals surface area contributed by atoms with Crippen molar-refractivity contribution in [1.82, 2.24) is 14.9 Å². The van der Waals surface area contributed by atoms with E-state index in [0.717, 1.165) is 32.0 Å². The summed E-state index contributed by atoms with van der Waals surface area (Å²) in [6, 6.07) is 6.27. The summed E-state index contributed by atoms with van der Waals surface area (Å²) < 4.78 is 77.2. The van der Waals surface area contributed by atoms with Gasteiger partial charge in [-0.2, -0.15) is 13.2 Å². The highest BCUT2D eigenvalue weighted by atomic mass is 19.4. The topological polar surface area (TPSA) is 70.6 Å². The van der Waals surface area contributed by atoms with E-state index in [0.29, 0.717) is 11.8 Å². The van der Waals surface area contributed by atoms with Gasteiger partial charge in [-0.25, -0.2) is 18.7 Å². The van der Waals surface area contributed by atoms with E-state index >= 15 is 8.78 Å². The third-order valence-electron chi connectivity index (χ3n) is 7.19. The molecule has 0 radical (unpaired) electrons. The molecule has 2 aliphatic rings. The van der Waals surface area contributed by atoms with Crippen LogP contribution in [0, 0.1) is 11.6 Å². The summed E-state index contributed by atoms with van der Waals surface area (Å²) in [6.07, 6.45) is -2.61. The Kier molecular flexibility index (Phi) is 7.38. The first kappa shape index (κ1) is 27.8. The van der Waals surface area contributed by atoms with Gasteiger partial charge in [0.15, 0.2) is 18.2 Å². The lowest BCUT2D eigenvalue weighted by molar-refractivity contribution is -0.137. The SMILES string of the molecule is CC(C)N1C(=O)COc2c(F)cc(-c3nc(Nc4ccc(C5CCN(C)CC5)c(F)c4)ncc3C(F)(F)F)cc21. The van der Waals surface area contributed by atoms with E-state index in [4.69, 9.17) is 4.74 Å². The molecule has 12 heteroatoms. The quantitative estimate of drug-likeness (QED) is 0.378. The minimum absolute atomic E-state index is 0.00839. The van der Waals surface area contributed by atoms with Crippen molar-refractivity contribution in [2.45, 2.75) is 44.8 Å². The predicted octanol–water partition coefficient (Wildman–Crippen LogP) is 6.13. The van der Waals surface area contributed by atoms with Gasteiger partial charge in [-0.15, -0.1) is 0 Å². The second kappa shape index (κ2) is 10.6. The second-order valence-electron chi connectivity index (χ2n) is 10.3. The largest absolute Gasteiger partial charge is 0.478 e. The second-order valence-corrected chi connectivity index (χ2v) is 10.3. The fourth-order valence-corrected chi connectivity index (χ4v) is 5.20. The van der Waals surface area contributed by atoms with Crippen molar-refractivity contribution in [3.05, 3.63) is 59.3 Å². The van der Waals surface area contributed by atoms with Crippen molar-refractivity contribution in [2.75, 3.05) is 37.0 Å². The monoisotopic (exact) mass is 561 g/mol. The highest BCUT2D eigenvalue weighted by Crippen LogP contribution is 2.42. The third kappa shape index (κ3) is 5.45. The zero-order valence-electron chi connectivity index (χ0n) is 22.1. The molecule has 212 valence electrons. The number of rotatable bonds is 5. The number of hydrogen-bond donors (Lipinski definition) is 1. The molecule has 40 heavy (non-hydrogen) atoms. The summed E-state index contributed by atoms with van der Waals surface area (Å²) in [5.41, 5.74) is -1.17. The molecule has 1 aromatic heterocycles. The van der Waals surface area contributed by atoms with Gasteiger partial charge in [0.25, 0.3) is 5.91 Å². The van der Waals surface area contributed by atoms with E-state index in [1.807, 2.05) is 7.05 Å². The van der Waals surface area contributed by atoms with Crippen molar-refractivity contribution in [3.8, 4) is 17.0 Å². The zero-order valence-corrected chi connectivity index (χ0v) is 22.1. The maximum absolute atomic E-state index is 15.1. The highest BCUT2D eigenvalue weighted by Gasteiger charge is 2.37. The lowest BCUT2D eigenvalue weighted by Gasteiger charge is -2.33. The van der Waals surface area contributed by atoms with Crippen LogP contribution in [0.25, 0.3) is 11.3 Å². The lowest BCUT2D eigenvalue weighted by Crippen LogP contribution is -2.43. The fraction of sp³-hybridized carbons (Fsp3) is 0.393. The van der Waals surface area contributed by atoms with Gasteiger partial charge in [0.05, 0.1) is 11.4 Å². The molecule has 0 saturated carbocycles. The van der Waals surface area contributed by atoms with Gasteiger partial charge in [0.1, 0.15) is 11.4 Å². The molecule has 0 aliphatic carbocycles. The Bertz CT molecular complexity index is 1440. The molecule has 1 saturated heterocycles. The number of amides is 1. The van der Waals surface area contributed by atoms with Crippen LogP contribution in [-0.4, -0.2) is 53.6 Å². The van der Waals surface area contributed by atoms with Crippen LogP contribution in [0.4, 0.5) is 39.3 Å². The summed E-state index contributed by atoms with van der Waals surface area (Å²) in [7, 11) is 2.02. The van der Waals surface area contributed by atoms with Crippen molar-refractivity contribution in [3.63, 3.8) is 0 Å². The molecule has 5 rings (SSSR count). The Morgan fingerprint density at radius 1 is 1.07 bits per heavy atom. The average molecular weight is 562 g/mol. The summed E-state index contributed by atoms with van der Waals surface area (Å²) >= 11 is 0. The molecule has 1 fully saturated rings. The first-order valence-corrected chi connectivity index (χ1v) is 12.9. The van der Waals surface area contributed by atoms with Gasteiger partial charge in [-0.3, -0.25) is 4.79 Å². The maximum atomic E-state index is 15.1. The minimum Gasteiger partial charge on any atom is -0.478 e. The van der Waals surface area contributed by atoms with Crippen molar-refractivity contribution >= 4 is 23.2 Å². The molecule has 7 nitrogen and oxygen atoms in total. The number of alkyl halides is 3. The summed E-state index contributed by atoms with van der Waals surface area (Å²) in [4.78, 5) is 23.7. The Morgan fingerprint density at radius 3 is 2.45 bits per heavy atom. The van der Waals surface area contributed by atoms with E-state index in [-0.39, 0.29) is 41.2 Å². The Balaban J connectivity index is 1.51. The number of nitrogens with one attached hydrogen (secondary N) is 1. The number of hydrogen-bond acceptors (Lipinski definition) is 6. The van der Waals surface area contributed by atoms with E-state index in [1.54, 1.807) is 26.0 Å². The van der Waals surface area contributed by atoms with Crippen LogP contribution in [0.1, 0.15) is 43.7 Å². The van der Waals surface area contributed by atoms with Crippen LogP contribution in [0.2, 0.25) is 0 Å². The number of likely N-dealkylation sites (tertiary alicyclic amines) is 1. The molecule has 0 spiro atoms. The number of anilines is 3. The minimum atomic E-state index is -4.86. The predicted molar refractivity (Wildman–Crippen MR) is 140 cm³/mol. The summed E-state index contributed by atoms with van der Waals surface area (Å²) in [5, 5.41) is 2.76. The van der Waals surface area contributed by atoms with Gasteiger partial charge >= 0.3 is 6.18 Å². The average Bonchev–Trinajstić information content (AvgIpc) is 2.88. The van der Waals surface area contributed by atoms with Crippen LogP contribution in [0.5, 0.6) is 5.75 Å². The Labute approximate surface area is 228 Å². The smallest absolute Gasteiger partial charge is 0.419 e. The molecule has 0 unspecified atom stereocenters. The number of nitrogens with zero attached hydrogens (tertiary/aromatic N) is 4. The van der Waals surface area contributed by atoms with Crippen LogP contribution < -0.4 is 15.0 Å². The maximum Gasteiger partial charge on any atom is 0.419 e. The van der Waals surface area contributed by atoms with Crippen molar-refractivity contribution in [2.24, 2.45) is 0 Å². The van der Waals surface area contributed by atoms with Crippen molar-refractivity contribution in [1.29, 1.82) is 0 Å². The molecule has 2 aliphatic heterocycles. The summed E-state index contributed by atoms with van der Waals surface area (Å²) in [6.45, 7) is 4.74. The first-order chi connectivity index (χ1) is 18.9. The highest BCUT2D eigenvalue weighted by molar-refractivity contribution is 5.99. The molecule has 3 heterocycles. The number of fused-ring (bicyclic) bond motifs is 1. The van der Waals surface area contributed by atoms with Crippen LogP contribution in [0.3, 0.4) is 0 Å². The number of halogens is 5. The molecule has 0 bridgehead atoms. The van der Waals surface area contributed by atoms with Crippen molar-refractivity contribution < 1.29 is 31.5 Å². The zero-order chi connectivity index (χ0) is 28.8. The van der Waals surface area contributed by atoms with Gasteiger partial charge in [0.2, 0.25) is 5.95 Å². The molecular formula is C28H28F5N5O2. The van der Waals surface area contributed by atoms with Crippen LogP contribution >= 0.6 is 0 Å². The van der Waals surface area contributed by atoms with Gasteiger partial charge < -0.3 is 19.9 Å². The number of piperidine rings is 1. The Morgan fingerprint density at radius 2 is 1.80 bits per heavy atom. The van der Waals surface area contributed by atoms with E-state index in [2.05, 4.69) is 20.2 Å². The number of aromatic nitrogens is 2. The van der Waals surface area contributed by atoms with E-state index < -0.39 is 41.0 Å². The normalized spacial score (nSPS) is 16.7. The van der Waals surface area contributed by atoms with E-state index in [1.165, 1.54) is 17.0 Å². The van der Waals surface area contributed by atoms with E-state index in [9.17, 15) is 18.0 Å². The molecular weight excluding hydrogens is 533 g/mol. The fourth-order valence-electron chi connectivity index (χ4n) is 5.20. The van der Waals surface area contributed by atoms with Gasteiger partial charge in [0, 0.05) is 23.5 Å².